The fourth-order valence-corrected chi connectivity index (χ4v) is 2.66. The van der Waals surface area contributed by atoms with Gasteiger partial charge >= 0.3 is 5.97 Å². The Bertz CT molecular complexity index is 236. The molecule has 1 unspecified atom stereocenters. The maximum Gasteiger partial charge on any atom is 0.310 e. The summed E-state index contributed by atoms with van der Waals surface area (Å²) in [4.78, 5) is 13.7. The van der Waals surface area contributed by atoms with E-state index in [1.807, 2.05) is 13.8 Å². The molecular weight excluding hydrogens is 202 g/mol. The molecule has 0 aromatic heterocycles. The number of likely N-dealkylation sites (tertiary alicyclic amines) is 1. The lowest BCUT2D eigenvalue weighted by molar-refractivity contribution is -0.150. The minimum atomic E-state index is -0.627. The molecule has 1 fully saturated rings. The number of hydrogen-bond donors (Lipinski definition) is 1. The van der Waals surface area contributed by atoms with E-state index in [2.05, 4.69) is 11.8 Å². The van der Waals surface area contributed by atoms with Gasteiger partial charge in [-0.15, -0.1) is 0 Å². The number of nitrogens with zero attached hydrogens (tertiary/aromatic N) is 1. The normalized spacial score (nSPS) is 22.6. The van der Waals surface area contributed by atoms with Crippen LogP contribution in [0.5, 0.6) is 0 Å². The van der Waals surface area contributed by atoms with Crippen LogP contribution in [0.2, 0.25) is 0 Å². The molecule has 0 spiro atoms. The Morgan fingerprint density at radius 1 is 1.38 bits per heavy atom. The fourth-order valence-electron chi connectivity index (χ4n) is 2.66. The second kappa shape index (κ2) is 5.67. The van der Waals surface area contributed by atoms with Gasteiger partial charge in [-0.05, 0) is 31.7 Å². The highest BCUT2D eigenvalue weighted by Gasteiger charge is 2.38. The van der Waals surface area contributed by atoms with E-state index >= 15 is 0 Å². The van der Waals surface area contributed by atoms with Crippen LogP contribution >= 0.6 is 0 Å². The maximum absolute atomic E-state index is 11.4. The molecule has 0 radical (unpaired) electrons. The number of rotatable bonds is 6. The second-order valence-electron chi connectivity index (χ2n) is 5.09. The molecule has 3 nitrogen and oxygen atoms in total. The largest absolute Gasteiger partial charge is 0.481 e. The van der Waals surface area contributed by atoms with Gasteiger partial charge in [-0.25, -0.2) is 0 Å². The summed E-state index contributed by atoms with van der Waals surface area (Å²) in [7, 11) is 0. The molecule has 16 heavy (non-hydrogen) atoms. The fraction of sp³-hybridized carbons (Fsp3) is 0.923. The average molecular weight is 227 g/mol. The van der Waals surface area contributed by atoms with E-state index in [1.54, 1.807) is 0 Å². The van der Waals surface area contributed by atoms with Crippen LogP contribution in [0, 0.1) is 11.3 Å². The Kier molecular flexibility index (Phi) is 4.78. The van der Waals surface area contributed by atoms with Gasteiger partial charge in [0.1, 0.15) is 0 Å². The molecule has 0 saturated carbocycles. The molecular formula is C13H25NO2. The van der Waals surface area contributed by atoms with Crippen LogP contribution in [-0.2, 0) is 4.79 Å². The van der Waals surface area contributed by atoms with Gasteiger partial charge in [0.2, 0.25) is 0 Å². The summed E-state index contributed by atoms with van der Waals surface area (Å²) in [5.74, 6) is 0.151. The third-order valence-electron chi connectivity index (χ3n) is 4.28. The van der Waals surface area contributed by atoms with Crippen molar-refractivity contribution in [3.8, 4) is 0 Å². The van der Waals surface area contributed by atoms with Gasteiger partial charge in [0.15, 0.2) is 0 Å². The minimum Gasteiger partial charge on any atom is -0.481 e. The van der Waals surface area contributed by atoms with E-state index in [0.29, 0.717) is 0 Å². The molecule has 0 aromatic carbocycles. The van der Waals surface area contributed by atoms with Crippen molar-refractivity contribution in [2.45, 2.75) is 46.5 Å². The van der Waals surface area contributed by atoms with Crippen molar-refractivity contribution < 1.29 is 9.90 Å². The molecule has 0 amide bonds. The first kappa shape index (κ1) is 13.5. The van der Waals surface area contributed by atoms with Crippen LogP contribution in [0.3, 0.4) is 0 Å². The van der Waals surface area contributed by atoms with E-state index in [-0.39, 0.29) is 0 Å². The number of carboxylic acid groups (broad SMARTS) is 1. The molecule has 1 aliphatic heterocycles. The van der Waals surface area contributed by atoms with Crippen LogP contribution < -0.4 is 0 Å². The Labute approximate surface area is 98.8 Å². The Morgan fingerprint density at radius 3 is 2.38 bits per heavy atom. The lowest BCUT2D eigenvalue weighted by Crippen LogP contribution is -2.41. The summed E-state index contributed by atoms with van der Waals surface area (Å²) in [5, 5.41) is 9.38. The van der Waals surface area contributed by atoms with Crippen molar-refractivity contribution in [1.29, 1.82) is 0 Å². The number of hydrogen-bond acceptors (Lipinski definition) is 2. The number of carbonyl (C=O) groups is 1. The van der Waals surface area contributed by atoms with Crippen LogP contribution in [0.25, 0.3) is 0 Å². The first-order valence-corrected chi connectivity index (χ1v) is 6.53. The zero-order valence-corrected chi connectivity index (χ0v) is 10.8. The van der Waals surface area contributed by atoms with Gasteiger partial charge < -0.3 is 10.0 Å². The highest BCUT2D eigenvalue weighted by Crippen LogP contribution is 2.30. The molecule has 1 aliphatic rings. The summed E-state index contributed by atoms with van der Waals surface area (Å²) < 4.78 is 0. The summed E-state index contributed by atoms with van der Waals surface area (Å²) >= 11 is 0. The minimum absolute atomic E-state index is 0.525. The van der Waals surface area contributed by atoms with E-state index in [4.69, 9.17) is 0 Å². The Hall–Kier alpha value is -0.570. The summed E-state index contributed by atoms with van der Waals surface area (Å²) in [6.45, 7) is 9.10. The van der Waals surface area contributed by atoms with Crippen LogP contribution in [0.15, 0.2) is 0 Å². The number of carboxylic acids is 1. The topological polar surface area (TPSA) is 40.5 Å². The standard InChI is InChI=1S/C13H25NO2/c1-4-11-7-8-14(9-11)10-13(5-2,6-3)12(15)16/h11H,4-10H2,1-3H3,(H,15,16). The molecule has 1 atom stereocenters. The third kappa shape index (κ3) is 2.76. The number of aliphatic carboxylic acids is 1. The molecule has 1 rings (SSSR count). The zero-order valence-electron chi connectivity index (χ0n) is 10.8. The van der Waals surface area contributed by atoms with Crippen molar-refractivity contribution in [2.24, 2.45) is 11.3 Å². The Balaban J connectivity index is 2.59. The van der Waals surface area contributed by atoms with E-state index in [9.17, 15) is 9.90 Å². The van der Waals surface area contributed by atoms with E-state index < -0.39 is 11.4 Å². The molecule has 0 bridgehead atoms. The molecule has 3 heteroatoms. The van der Waals surface area contributed by atoms with Gasteiger partial charge in [-0.1, -0.05) is 27.2 Å². The third-order valence-corrected chi connectivity index (χ3v) is 4.28. The highest BCUT2D eigenvalue weighted by molar-refractivity contribution is 5.74. The van der Waals surface area contributed by atoms with Crippen molar-refractivity contribution in [3.63, 3.8) is 0 Å². The second-order valence-corrected chi connectivity index (χ2v) is 5.09. The molecule has 94 valence electrons. The first-order chi connectivity index (χ1) is 7.57. The summed E-state index contributed by atoms with van der Waals surface area (Å²) in [6.07, 6.45) is 3.91. The quantitative estimate of drug-likeness (QED) is 0.758. The van der Waals surface area contributed by atoms with Crippen molar-refractivity contribution in [1.82, 2.24) is 4.90 Å². The van der Waals surface area contributed by atoms with Gasteiger partial charge in [0, 0.05) is 13.1 Å². The smallest absolute Gasteiger partial charge is 0.310 e. The molecule has 1 saturated heterocycles. The molecule has 1 N–H and O–H groups in total. The van der Waals surface area contributed by atoms with E-state index in [0.717, 1.165) is 38.4 Å². The lowest BCUT2D eigenvalue weighted by atomic mass is 9.82. The SMILES string of the molecule is CCC1CCN(CC(CC)(CC)C(=O)O)C1. The Morgan fingerprint density at radius 2 is 2.00 bits per heavy atom. The predicted octanol–water partition coefficient (Wildman–Crippen LogP) is 2.61. The van der Waals surface area contributed by atoms with Gasteiger partial charge in [-0.2, -0.15) is 0 Å². The van der Waals surface area contributed by atoms with Crippen molar-refractivity contribution in [2.75, 3.05) is 19.6 Å². The molecule has 0 aliphatic carbocycles. The molecule has 1 heterocycles. The van der Waals surface area contributed by atoms with Crippen LogP contribution in [0.4, 0.5) is 0 Å². The van der Waals surface area contributed by atoms with Crippen molar-refractivity contribution in [3.05, 3.63) is 0 Å². The van der Waals surface area contributed by atoms with Gasteiger partial charge in [-0.3, -0.25) is 4.79 Å². The van der Waals surface area contributed by atoms with Crippen molar-refractivity contribution >= 4 is 5.97 Å². The van der Waals surface area contributed by atoms with Crippen LogP contribution in [0.1, 0.15) is 46.5 Å². The average Bonchev–Trinajstić information content (AvgIpc) is 2.73. The zero-order chi connectivity index (χ0) is 12.2. The predicted molar refractivity (Wildman–Crippen MR) is 65.5 cm³/mol. The van der Waals surface area contributed by atoms with Gasteiger partial charge in [0.05, 0.1) is 5.41 Å². The molecule has 0 aromatic rings. The monoisotopic (exact) mass is 227 g/mol. The van der Waals surface area contributed by atoms with Gasteiger partial charge in [0.25, 0.3) is 0 Å². The maximum atomic E-state index is 11.4. The van der Waals surface area contributed by atoms with E-state index in [1.165, 1.54) is 12.8 Å². The lowest BCUT2D eigenvalue weighted by Gasteiger charge is -2.31. The summed E-state index contributed by atoms with van der Waals surface area (Å²) in [5.41, 5.74) is -0.525. The summed E-state index contributed by atoms with van der Waals surface area (Å²) in [6, 6.07) is 0. The van der Waals surface area contributed by atoms with Crippen LogP contribution in [-0.4, -0.2) is 35.6 Å². The highest BCUT2D eigenvalue weighted by atomic mass is 16.4. The first-order valence-electron chi connectivity index (χ1n) is 6.53.